The van der Waals surface area contributed by atoms with Crippen molar-refractivity contribution in [1.29, 1.82) is 0 Å². The Balaban J connectivity index is 0. The van der Waals surface area contributed by atoms with Crippen LogP contribution in [0, 0.1) is 0 Å². The first-order valence-electron chi connectivity index (χ1n) is 1.89. The summed E-state index contributed by atoms with van der Waals surface area (Å²) < 4.78 is 0. The molecular weight excluding hydrogens is 96.0 g/mol. The Kier molecular flexibility index (Phi) is 4.22. The molecule has 0 aliphatic carbocycles. The average molecular weight is 108 g/mol. The molecule has 0 aliphatic rings. The minimum Gasteiger partial charge on any atom is -0.412 e. The Morgan fingerprint density at radius 2 is 1.43 bits per heavy atom. The summed E-state index contributed by atoms with van der Waals surface area (Å²) in [5.41, 5.74) is -0.403. The molecule has 0 spiro atoms. The van der Waals surface area contributed by atoms with Gasteiger partial charge in [0.2, 0.25) is 0 Å². The van der Waals surface area contributed by atoms with E-state index in [9.17, 15) is 0 Å². The minimum atomic E-state index is -0.403. The predicted molar refractivity (Wildman–Crippen MR) is 27.1 cm³/mol. The van der Waals surface area contributed by atoms with Gasteiger partial charge in [0.1, 0.15) is 0 Å². The van der Waals surface area contributed by atoms with Crippen molar-refractivity contribution >= 4 is 0 Å². The first-order chi connectivity index (χ1) is 2.56. The van der Waals surface area contributed by atoms with Crippen molar-refractivity contribution < 1.29 is 15.6 Å². The topological polar surface area (TPSA) is 61.0 Å². The largest absolute Gasteiger partial charge is 0.412 e. The van der Waals surface area contributed by atoms with Gasteiger partial charge in [0.05, 0.1) is 5.60 Å². The van der Waals surface area contributed by atoms with Crippen LogP contribution in [-0.4, -0.2) is 16.3 Å². The lowest BCUT2D eigenvalue weighted by Crippen LogP contribution is -2.15. The fraction of sp³-hybridized carbons (Fsp3) is 1.00. The summed E-state index contributed by atoms with van der Waals surface area (Å²) in [6.45, 7) is 5.31. The molecule has 0 aromatic carbocycles. The van der Waals surface area contributed by atoms with Crippen LogP contribution >= 0.6 is 0 Å². The van der Waals surface area contributed by atoms with Crippen LogP contribution in [0.3, 0.4) is 0 Å². The highest BCUT2D eigenvalue weighted by molar-refractivity contribution is 4.53. The molecule has 0 saturated heterocycles. The molecule has 0 heterocycles. The van der Waals surface area contributed by atoms with Crippen molar-refractivity contribution in [2.75, 3.05) is 0 Å². The highest BCUT2D eigenvalue weighted by atomic mass is 17.1. The van der Waals surface area contributed by atoms with Gasteiger partial charge in [-0.25, -0.2) is 4.89 Å². The summed E-state index contributed by atoms with van der Waals surface area (Å²) in [6.07, 6.45) is 0. The number of hydrogen-bond acceptors (Lipinski definition) is 2. The van der Waals surface area contributed by atoms with E-state index in [4.69, 9.17) is 5.26 Å². The van der Waals surface area contributed by atoms with Crippen LogP contribution in [0.15, 0.2) is 0 Å². The number of hydrogen-bond donors (Lipinski definition) is 1. The molecule has 0 aromatic rings. The van der Waals surface area contributed by atoms with Crippen molar-refractivity contribution in [3.63, 3.8) is 0 Å². The van der Waals surface area contributed by atoms with Crippen LogP contribution < -0.4 is 0 Å². The minimum absolute atomic E-state index is 0. The maximum Gasteiger partial charge on any atom is 0.0949 e. The molecular formula is C4H12O3. The predicted octanol–water partition coefficient (Wildman–Crippen LogP) is 0.450. The van der Waals surface area contributed by atoms with Crippen molar-refractivity contribution in [3.05, 3.63) is 0 Å². The second kappa shape index (κ2) is 2.96. The van der Waals surface area contributed by atoms with Crippen LogP contribution in [0.5, 0.6) is 0 Å². The molecule has 0 rings (SSSR count). The van der Waals surface area contributed by atoms with Crippen molar-refractivity contribution in [3.8, 4) is 0 Å². The first-order valence-corrected chi connectivity index (χ1v) is 1.89. The fourth-order valence-corrected chi connectivity index (χ4v) is 0. The van der Waals surface area contributed by atoms with Crippen LogP contribution in [0.1, 0.15) is 20.8 Å². The van der Waals surface area contributed by atoms with Crippen LogP contribution in [0.25, 0.3) is 0 Å². The Labute approximate surface area is 43.2 Å². The van der Waals surface area contributed by atoms with Crippen molar-refractivity contribution in [2.24, 2.45) is 0 Å². The van der Waals surface area contributed by atoms with Crippen LogP contribution in [0.4, 0.5) is 0 Å². The first kappa shape index (κ1) is 9.99. The molecule has 0 fully saturated rings. The second-order valence-electron chi connectivity index (χ2n) is 2.20. The lowest BCUT2D eigenvalue weighted by Gasteiger charge is -2.10. The standard InChI is InChI=1S/C4H10O2.H2O/c1-4(2,3)6-5;/h5H,1-3H3;1H2. The quantitative estimate of drug-likeness (QED) is 0.361. The Bertz CT molecular complexity index is 36.7. The normalized spacial score (nSPS) is 10.3. The fourth-order valence-electron chi connectivity index (χ4n) is 0. The lowest BCUT2D eigenvalue weighted by molar-refractivity contribution is -0.306. The van der Waals surface area contributed by atoms with Gasteiger partial charge in [-0.3, -0.25) is 5.26 Å². The molecule has 3 nitrogen and oxygen atoms in total. The third kappa shape index (κ3) is 10.7. The van der Waals surface area contributed by atoms with E-state index in [1.165, 1.54) is 0 Å². The molecule has 0 amide bonds. The van der Waals surface area contributed by atoms with Gasteiger partial charge in [-0.05, 0) is 20.8 Å². The van der Waals surface area contributed by atoms with Crippen LogP contribution in [0.2, 0.25) is 0 Å². The van der Waals surface area contributed by atoms with E-state index in [2.05, 4.69) is 4.89 Å². The van der Waals surface area contributed by atoms with E-state index in [0.29, 0.717) is 0 Å². The summed E-state index contributed by atoms with van der Waals surface area (Å²) >= 11 is 0. The van der Waals surface area contributed by atoms with E-state index < -0.39 is 5.60 Å². The smallest absolute Gasteiger partial charge is 0.0949 e. The van der Waals surface area contributed by atoms with Crippen molar-refractivity contribution in [1.82, 2.24) is 0 Å². The van der Waals surface area contributed by atoms with Crippen molar-refractivity contribution in [2.45, 2.75) is 26.4 Å². The van der Waals surface area contributed by atoms with Gasteiger partial charge in [0, 0.05) is 0 Å². The van der Waals surface area contributed by atoms with E-state index in [1.54, 1.807) is 20.8 Å². The Morgan fingerprint density at radius 3 is 1.43 bits per heavy atom. The zero-order valence-corrected chi connectivity index (χ0v) is 4.86. The zero-order chi connectivity index (χ0) is 5.21. The lowest BCUT2D eigenvalue weighted by atomic mass is 10.2. The zero-order valence-electron chi connectivity index (χ0n) is 4.86. The van der Waals surface area contributed by atoms with Gasteiger partial charge in [0.25, 0.3) is 0 Å². The van der Waals surface area contributed by atoms with E-state index in [0.717, 1.165) is 0 Å². The average Bonchev–Trinajstić information content (AvgIpc) is 1.35. The van der Waals surface area contributed by atoms with E-state index in [1.807, 2.05) is 0 Å². The van der Waals surface area contributed by atoms with Gasteiger partial charge in [-0.15, -0.1) is 0 Å². The highest BCUT2D eigenvalue weighted by Gasteiger charge is 2.06. The molecule has 3 heteroatoms. The Morgan fingerprint density at radius 1 is 1.29 bits per heavy atom. The third-order valence-corrected chi connectivity index (χ3v) is 0.274. The maximum absolute atomic E-state index is 7.90. The maximum atomic E-state index is 7.90. The molecule has 0 atom stereocenters. The van der Waals surface area contributed by atoms with E-state index >= 15 is 0 Å². The summed E-state index contributed by atoms with van der Waals surface area (Å²) in [6, 6.07) is 0. The molecule has 0 bridgehead atoms. The molecule has 0 radical (unpaired) electrons. The van der Waals surface area contributed by atoms with Gasteiger partial charge < -0.3 is 5.48 Å². The van der Waals surface area contributed by atoms with Gasteiger partial charge in [-0.1, -0.05) is 0 Å². The molecule has 7 heavy (non-hydrogen) atoms. The van der Waals surface area contributed by atoms with Gasteiger partial charge in [-0.2, -0.15) is 0 Å². The van der Waals surface area contributed by atoms with Gasteiger partial charge >= 0.3 is 0 Å². The molecule has 46 valence electrons. The summed E-state index contributed by atoms with van der Waals surface area (Å²) in [5.74, 6) is 0. The monoisotopic (exact) mass is 108 g/mol. The molecule has 0 saturated carbocycles. The summed E-state index contributed by atoms with van der Waals surface area (Å²) in [4.78, 5) is 3.94. The Hall–Kier alpha value is -0.120. The summed E-state index contributed by atoms with van der Waals surface area (Å²) in [5, 5.41) is 7.90. The third-order valence-electron chi connectivity index (χ3n) is 0.274. The molecule has 0 aromatic heterocycles. The highest BCUT2D eigenvalue weighted by Crippen LogP contribution is 2.01. The van der Waals surface area contributed by atoms with Gasteiger partial charge in [0.15, 0.2) is 0 Å². The SMILES string of the molecule is CC(C)(C)OO.O. The number of rotatable bonds is 0. The molecule has 0 aliphatic heterocycles. The van der Waals surface area contributed by atoms with E-state index in [-0.39, 0.29) is 5.48 Å². The van der Waals surface area contributed by atoms with Crippen LogP contribution in [-0.2, 0) is 4.89 Å². The molecule has 0 unspecified atom stereocenters. The summed E-state index contributed by atoms with van der Waals surface area (Å²) in [7, 11) is 0. The second-order valence-corrected chi connectivity index (χ2v) is 2.20. The molecule has 3 N–H and O–H groups in total.